The maximum Gasteiger partial charge on any atom is 0.407 e. The Balaban J connectivity index is 1.28. The average Bonchev–Trinajstić information content (AvgIpc) is 4.14. The second-order valence-electron chi connectivity index (χ2n) is 16.6. The molecule has 4 heterocycles. The van der Waals surface area contributed by atoms with Gasteiger partial charge in [-0.25, -0.2) is 19.6 Å². The van der Waals surface area contributed by atoms with Crippen molar-refractivity contribution in [1.29, 1.82) is 0 Å². The Morgan fingerprint density at radius 1 is 0.641 bits per heavy atom. The maximum atomic E-state index is 13.9. The van der Waals surface area contributed by atoms with Crippen molar-refractivity contribution < 1.29 is 47.6 Å². The highest BCUT2D eigenvalue weighted by atomic mass is 16.5. The van der Waals surface area contributed by atoms with E-state index in [0.717, 1.165) is 41.6 Å². The number of hydrogen-bond acceptors (Lipinski definition) is 12. The number of hydrogen-bond donors (Lipinski definition) is 4. The van der Waals surface area contributed by atoms with Gasteiger partial charge < -0.3 is 58.8 Å². The van der Waals surface area contributed by atoms with E-state index in [2.05, 4.69) is 20.6 Å². The zero-order valence-corrected chi connectivity index (χ0v) is 38.0. The molecule has 2 aromatic carbocycles. The van der Waals surface area contributed by atoms with Gasteiger partial charge in [0.25, 0.3) is 0 Å². The Morgan fingerprint density at radius 3 is 1.52 bits per heavy atom. The normalized spacial score (nSPS) is 17.1. The Morgan fingerprint density at radius 2 is 1.08 bits per heavy atom. The molecule has 2 aromatic heterocycles. The number of imidazole rings is 2. The summed E-state index contributed by atoms with van der Waals surface area (Å²) in [6.45, 7) is 9.86. The zero-order valence-electron chi connectivity index (χ0n) is 38.0. The van der Waals surface area contributed by atoms with Crippen molar-refractivity contribution in [3.05, 3.63) is 60.4 Å². The number of ether oxygens (including phenoxy) is 6. The van der Waals surface area contributed by atoms with Crippen molar-refractivity contribution in [2.24, 2.45) is 11.8 Å². The highest BCUT2D eigenvalue weighted by Gasteiger charge is 2.39. The summed E-state index contributed by atoms with van der Waals surface area (Å²) in [7, 11) is 5.78. The number of carbonyl (C=O) groups is 4. The van der Waals surface area contributed by atoms with E-state index in [1.807, 2.05) is 64.1 Å². The Labute approximate surface area is 374 Å². The number of likely N-dealkylation sites (tertiary alicyclic amines) is 2. The molecule has 0 unspecified atom stereocenters. The van der Waals surface area contributed by atoms with Crippen LogP contribution in [0, 0.1) is 11.8 Å². The summed E-state index contributed by atoms with van der Waals surface area (Å²) >= 11 is 0. The molecule has 64 heavy (non-hydrogen) atoms. The number of carbonyl (C=O) groups excluding carboxylic acids is 4. The molecule has 0 aliphatic carbocycles. The number of alkyl carbamates (subject to hydrolysis) is 2. The van der Waals surface area contributed by atoms with Crippen LogP contribution in [0.2, 0.25) is 0 Å². The van der Waals surface area contributed by atoms with Crippen LogP contribution in [0.15, 0.2) is 48.8 Å². The Bertz CT molecular complexity index is 2170. The molecule has 18 nitrogen and oxygen atoms in total. The largest absolute Gasteiger partial charge is 0.490 e. The molecule has 2 saturated heterocycles. The van der Waals surface area contributed by atoms with Crippen molar-refractivity contribution >= 4 is 24.0 Å². The molecule has 2 fully saturated rings. The van der Waals surface area contributed by atoms with Crippen molar-refractivity contribution in [1.82, 2.24) is 40.4 Å². The first kappa shape index (κ1) is 47.3. The summed E-state index contributed by atoms with van der Waals surface area (Å²) < 4.78 is 33.1. The molecule has 18 heteroatoms. The van der Waals surface area contributed by atoms with E-state index >= 15 is 0 Å². The van der Waals surface area contributed by atoms with Crippen LogP contribution < -0.4 is 20.1 Å². The van der Waals surface area contributed by atoms with E-state index < -0.39 is 24.3 Å². The molecule has 0 spiro atoms. The quantitative estimate of drug-likeness (QED) is 0.0768. The molecule has 4 aromatic rings. The number of aromatic nitrogens is 4. The van der Waals surface area contributed by atoms with Crippen LogP contribution >= 0.6 is 0 Å². The summed E-state index contributed by atoms with van der Waals surface area (Å²) in [6, 6.07) is 9.87. The fourth-order valence-corrected chi connectivity index (χ4v) is 8.23. The number of H-pyrrole nitrogens is 2. The molecule has 4 atom stereocenters. The minimum atomic E-state index is -0.760. The van der Waals surface area contributed by atoms with Crippen LogP contribution in [-0.2, 0) is 28.5 Å². The predicted octanol–water partition coefficient (Wildman–Crippen LogP) is 6.27. The molecule has 346 valence electrons. The van der Waals surface area contributed by atoms with Crippen LogP contribution in [-0.4, -0.2) is 134 Å². The molecule has 2 aliphatic heterocycles. The third-order valence-corrected chi connectivity index (χ3v) is 11.6. The fraction of sp³-hybridized carbons (Fsp3) is 0.522. The first-order valence-electron chi connectivity index (χ1n) is 21.8. The lowest BCUT2D eigenvalue weighted by molar-refractivity contribution is -0.136. The number of rotatable bonds is 19. The first-order valence-corrected chi connectivity index (χ1v) is 21.8. The van der Waals surface area contributed by atoms with Gasteiger partial charge in [-0.05, 0) is 66.3 Å². The van der Waals surface area contributed by atoms with Gasteiger partial charge in [0.05, 0.1) is 68.9 Å². The summed E-state index contributed by atoms with van der Waals surface area (Å²) in [6.07, 6.45) is 5.22. The number of amides is 4. The molecular formula is C46H62N8O10. The van der Waals surface area contributed by atoms with Crippen molar-refractivity contribution in [2.45, 2.75) is 77.5 Å². The summed E-state index contributed by atoms with van der Waals surface area (Å²) in [5, 5.41) is 5.40. The third-order valence-electron chi connectivity index (χ3n) is 11.6. The maximum absolute atomic E-state index is 13.9. The molecule has 0 bridgehead atoms. The molecular weight excluding hydrogens is 825 g/mol. The van der Waals surface area contributed by atoms with Crippen molar-refractivity contribution in [3.63, 3.8) is 0 Å². The van der Waals surface area contributed by atoms with Gasteiger partial charge in [0.15, 0.2) is 0 Å². The van der Waals surface area contributed by atoms with Gasteiger partial charge in [-0.2, -0.15) is 0 Å². The highest BCUT2D eigenvalue weighted by Crippen LogP contribution is 2.43. The molecule has 4 N–H and O–H groups in total. The van der Waals surface area contributed by atoms with E-state index in [1.165, 1.54) is 14.2 Å². The van der Waals surface area contributed by atoms with E-state index in [0.29, 0.717) is 67.1 Å². The molecule has 4 amide bonds. The molecule has 0 radical (unpaired) electrons. The number of benzene rings is 2. The Hall–Kier alpha value is -6.14. The monoisotopic (exact) mass is 886 g/mol. The van der Waals surface area contributed by atoms with Crippen LogP contribution in [0.1, 0.15) is 77.1 Å². The number of methoxy groups -OCH3 is 4. The number of aromatic amines is 2. The number of nitrogens with one attached hydrogen (secondary N) is 4. The molecule has 2 aliphatic rings. The van der Waals surface area contributed by atoms with Crippen LogP contribution in [0.25, 0.3) is 33.6 Å². The van der Waals surface area contributed by atoms with Gasteiger partial charge in [-0.3, -0.25) is 9.59 Å². The lowest BCUT2D eigenvalue weighted by Crippen LogP contribution is -2.51. The standard InChI is InChI=1S/C46H62N8O10/c1-27(2)39(51-45(57)61-7)43(55)53-17-9-11-34(53)41-47-25-32(49-41)30-15-13-29(14-16-30)31-23-36(63-21-19-59-5)38(37(24-31)64-22-20-60-6)33-26-48-42(50-33)35-12-10-18-54(35)44(56)40(28(3)4)52-46(58)62-8/h13-16,23-28,34-35,39-40H,9-12,17-22H2,1-8H3,(H,47,49)(H,48,50)(H,51,57)(H,52,58)/t34-,35-,39-,40-/m0/s1. The lowest BCUT2D eigenvalue weighted by Gasteiger charge is -2.30. The smallest absolute Gasteiger partial charge is 0.407 e. The molecule has 0 saturated carbocycles. The van der Waals surface area contributed by atoms with E-state index in [-0.39, 0.29) is 48.9 Å². The topological polar surface area (TPSA) is 212 Å². The van der Waals surface area contributed by atoms with Gasteiger partial charge in [0.2, 0.25) is 11.8 Å². The summed E-state index contributed by atoms with van der Waals surface area (Å²) in [5.41, 5.74) is 4.74. The average molecular weight is 887 g/mol. The summed E-state index contributed by atoms with van der Waals surface area (Å²) in [5.74, 6) is 1.70. The predicted molar refractivity (Wildman–Crippen MR) is 237 cm³/mol. The van der Waals surface area contributed by atoms with Crippen molar-refractivity contribution in [3.8, 4) is 45.1 Å². The van der Waals surface area contributed by atoms with Crippen molar-refractivity contribution in [2.75, 3.05) is 68.0 Å². The Kier molecular flexibility index (Phi) is 16.3. The highest BCUT2D eigenvalue weighted by molar-refractivity contribution is 5.87. The minimum Gasteiger partial charge on any atom is -0.490 e. The lowest BCUT2D eigenvalue weighted by atomic mass is 9.99. The SMILES string of the molecule is COCCOc1cc(-c2ccc(-c3cnc([C@@H]4CCCN4C(=O)[C@@H](NC(=O)OC)C(C)C)[nH]3)cc2)cc(OCCOC)c1-c1cnc([C@@H]2CCCN2C(=O)[C@@H](NC(=O)OC)C(C)C)[nH]1. The van der Waals surface area contributed by atoms with Crippen LogP contribution in [0.4, 0.5) is 9.59 Å². The van der Waals surface area contributed by atoms with Crippen LogP contribution in [0.3, 0.4) is 0 Å². The second kappa shape index (κ2) is 22.0. The van der Waals surface area contributed by atoms with E-state index in [1.54, 1.807) is 36.4 Å². The first-order chi connectivity index (χ1) is 30.9. The van der Waals surface area contributed by atoms with Gasteiger partial charge in [0.1, 0.15) is 48.4 Å². The van der Waals surface area contributed by atoms with Gasteiger partial charge in [-0.1, -0.05) is 52.0 Å². The van der Waals surface area contributed by atoms with Gasteiger partial charge in [-0.15, -0.1) is 0 Å². The van der Waals surface area contributed by atoms with Crippen LogP contribution in [0.5, 0.6) is 11.5 Å². The fourth-order valence-electron chi connectivity index (χ4n) is 8.23. The second-order valence-corrected chi connectivity index (χ2v) is 16.6. The summed E-state index contributed by atoms with van der Waals surface area (Å²) in [4.78, 5) is 71.7. The van der Waals surface area contributed by atoms with Gasteiger partial charge >= 0.3 is 12.2 Å². The zero-order chi connectivity index (χ0) is 45.9. The number of nitrogens with zero attached hydrogens (tertiary/aromatic N) is 4. The minimum absolute atomic E-state index is 0.136. The van der Waals surface area contributed by atoms with E-state index in [9.17, 15) is 19.2 Å². The van der Waals surface area contributed by atoms with E-state index in [4.69, 9.17) is 38.4 Å². The third kappa shape index (κ3) is 11.0. The van der Waals surface area contributed by atoms with Gasteiger partial charge in [0, 0.05) is 27.3 Å². The molecule has 6 rings (SSSR count).